The van der Waals surface area contributed by atoms with Crippen LogP contribution in [0.25, 0.3) is 11.3 Å². The van der Waals surface area contributed by atoms with Gasteiger partial charge in [0.2, 0.25) is 0 Å². The van der Waals surface area contributed by atoms with E-state index in [9.17, 15) is 8.42 Å². The lowest BCUT2D eigenvalue weighted by molar-refractivity contribution is 0.601. The molecule has 5 nitrogen and oxygen atoms in total. The number of nitrogens with one attached hydrogen (secondary N) is 1. The molecule has 0 saturated carbocycles. The standard InChI is InChI=1S/C17H16ClN3O2S/c1-12-8-9-14(18)10-15(12)20-24(22,23)16-11-21(2)19-17(16)13-6-4-3-5-7-13/h3-11,20H,1-2H3. The summed E-state index contributed by atoms with van der Waals surface area (Å²) in [5.74, 6) is 0. The third-order valence-corrected chi connectivity index (χ3v) is 5.18. The summed E-state index contributed by atoms with van der Waals surface area (Å²) in [7, 11) is -2.11. The van der Waals surface area contributed by atoms with Gasteiger partial charge in [-0.15, -0.1) is 0 Å². The lowest BCUT2D eigenvalue weighted by atomic mass is 10.2. The Morgan fingerprint density at radius 1 is 1.12 bits per heavy atom. The van der Waals surface area contributed by atoms with Crippen LogP contribution in [0.1, 0.15) is 5.56 Å². The van der Waals surface area contributed by atoms with Crippen LogP contribution < -0.4 is 4.72 Å². The van der Waals surface area contributed by atoms with Crippen LogP contribution in [-0.2, 0) is 17.1 Å². The minimum Gasteiger partial charge on any atom is -0.279 e. The molecule has 1 N–H and O–H groups in total. The fourth-order valence-electron chi connectivity index (χ4n) is 2.36. The molecule has 0 aliphatic heterocycles. The van der Waals surface area contributed by atoms with Gasteiger partial charge in [0.15, 0.2) is 0 Å². The first kappa shape index (κ1) is 16.5. The number of benzene rings is 2. The Balaban J connectivity index is 2.06. The molecule has 24 heavy (non-hydrogen) atoms. The number of hydrogen-bond acceptors (Lipinski definition) is 3. The third kappa shape index (κ3) is 3.29. The number of nitrogens with zero attached hydrogens (tertiary/aromatic N) is 2. The Kier molecular flexibility index (Phi) is 4.34. The van der Waals surface area contributed by atoms with Crippen LogP contribution in [0.5, 0.6) is 0 Å². The van der Waals surface area contributed by atoms with Gasteiger partial charge in [0.25, 0.3) is 10.0 Å². The van der Waals surface area contributed by atoms with Crippen LogP contribution in [0.4, 0.5) is 5.69 Å². The molecular weight excluding hydrogens is 346 g/mol. The Morgan fingerprint density at radius 2 is 1.83 bits per heavy atom. The molecule has 1 aromatic heterocycles. The summed E-state index contributed by atoms with van der Waals surface area (Å²) in [6, 6.07) is 14.3. The SMILES string of the molecule is Cc1ccc(Cl)cc1NS(=O)(=O)c1cn(C)nc1-c1ccccc1. The van der Waals surface area contributed by atoms with E-state index in [1.54, 1.807) is 25.2 Å². The lowest BCUT2D eigenvalue weighted by Gasteiger charge is -2.11. The second kappa shape index (κ2) is 6.30. The first-order chi connectivity index (χ1) is 11.4. The first-order valence-corrected chi connectivity index (χ1v) is 9.11. The van der Waals surface area contributed by atoms with E-state index in [-0.39, 0.29) is 4.90 Å². The number of aromatic nitrogens is 2. The van der Waals surface area contributed by atoms with E-state index in [1.165, 1.54) is 10.9 Å². The molecule has 124 valence electrons. The highest BCUT2D eigenvalue weighted by Gasteiger charge is 2.23. The van der Waals surface area contributed by atoms with Gasteiger partial charge in [-0.25, -0.2) is 8.42 Å². The van der Waals surface area contributed by atoms with Crippen molar-refractivity contribution in [1.29, 1.82) is 0 Å². The van der Waals surface area contributed by atoms with Gasteiger partial charge in [-0.2, -0.15) is 5.10 Å². The zero-order chi connectivity index (χ0) is 17.3. The van der Waals surface area contributed by atoms with Crippen LogP contribution in [0, 0.1) is 6.92 Å². The highest BCUT2D eigenvalue weighted by Crippen LogP contribution is 2.29. The van der Waals surface area contributed by atoms with Crippen LogP contribution in [0.2, 0.25) is 5.02 Å². The monoisotopic (exact) mass is 361 g/mol. The van der Waals surface area contributed by atoms with E-state index in [1.807, 2.05) is 37.3 Å². The second-order valence-electron chi connectivity index (χ2n) is 5.45. The smallest absolute Gasteiger partial charge is 0.265 e. The largest absolute Gasteiger partial charge is 0.279 e. The average molecular weight is 362 g/mol. The fraction of sp³-hybridized carbons (Fsp3) is 0.118. The Labute approximate surface area is 145 Å². The predicted molar refractivity (Wildman–Crippen MR) is 95.6 cm³/mol. The number of aryl methyl sites for hydroxylation is 2. The molecule has 1 heterocycles. The highest BCUT2D eigenvalue weighted by molar-refractivity contribution is 7.92. The van der Waals surface area contributed by atoms with E-state index in [4.69, 9.17) is 11.6 Å². The van der Waals surface area contributed by atoms with Crippen molar-refractivity contribution >= 4 is 27.3 Å². The normalized spacial score (nSPS) is 11.5. The molecule has 0 atom stereocenters. The van der Waals surface area contributed by atoms with Crippen LogP contribution in [-0.4, -0.2) is 18.2 Å². The highest BCUT2D eigenvalue weighted by atomic mass is 35.5. The van der Waals surface area contributed by atoms with Crippen molar-refractivity contribution in [3.63, 3.8) is 0 Å². The summed E-state index contributed by atoms with van der Waals surface area (Å²) in [4.78, 5) is 0.121. The summed E-state index contributed by atoms with van der Waals surface area (Å²) < 4.78 is 29.8. The van der Waals surface area contributed by atoms with Crippen molar-refractivity contribution in [3.05, 3.63) is 65.3 Å². The van der Waals surface area contributed by atoms with Crippen LogP contribution >= 0.6 is 11.6 Å². The summed E-state index contributed by atoms with van der Waals surface area (Å²) in [6.45, 7) is 1.82. The molecule has 0 amide bonds. The van der Waals surface area contributed by atoms with Crippen molar-refractivity contribution < 1.29 is 8.42 Å². The third-order valence-electron chi connectivity index (χ3n) is 3.58. The molecular formula is C17H16ClN3O2S. The summed E-state index contributed by atoms with van der Waals surface area (Å²) >= 11 is 5.97. The minimum absolute atomic E-state index is 0.121. The Morgan fingerprint density at radius 3 is 2.54 bits per heavy atom. The summed E-state index contributed by atoms with van der Waals surface area (Å²) in [5.41, 5.74) is 2.38. The van der Waals surface area contributed by atoms with Gasteiger partial charge >= 0.3 is 0 Å². The Hall–Kier alpha value is -2.31. The second-order valence-corrected chi connectivity index (χ2v) is 7.53. The van der Waals surface area contributed by atoms with Gasteiger partial charge in [0, 0.05) is 23.8 Å². The fourth-order valence-corrected chi connectivity index (χ4v) is 3.86. The van der Waals surface area contributed by atoms with E-state index in [2.05, 4.69) is 9.82 Å². The maximum absolute atomic E-state index is 12.9. The molecule has 2 aromatic carbocycles. The van der Waals surface area contributed by atoms with Crippen molar-refractivity contribution in [2.45, 2.75) is 11.8 Å². The molecule has 0 bridgehead atoms. The number of anilines is 1. The molecule has 0 aliphatic carbocycles. The van der Waals surface area contributed by atoms with Gasteiger partial charge in [0.05, 0.1) is 5.69 Å². The van der Waals surface area contributed by atoms with Gasteiger partial charge in [-0.3, -0.25) is 9.40 Å². The minimum atomic E-state index is -3.80. The van der Waals surface area contributed by atoms with E-state index >= 15 is 0 Å². The van der Waals surface area contributed by atoms with Crippen molar-refractivity contribution in [3.8, 4) is 11.3 Å². The quantitative estimate of drug-likeness (QED) is 0.767. The van der Waals surface area contributed by atoms with Gasteiger partial charge in [-0.05, 0) is 24.6 Å². The van der Waals surface area contributed by atoms with Gasteiger partial charge < -0.3 is 0 Å². The molecule has 3 rings (SSSR count). The summed E-state index contributed by atoms with van der Waals surface area (Å²) in [6.07, 6.45) is 1.49. The van der Waals surface area contributed by atoms with E-state index in [0.29, 0.717) is 16.4 Å². The molecule has 0 fully saturated rings. The molecule has 0 radical (unpaired) electrons. The summed E-state index contributed by atoms with van der Waals surface area (Å²) in [5, 5.41) is 4.77. The van der Waals surface area contributed by atoms with Crippen molar-refractivity contribution in [2.75, 3.05) is 4.72 Å². The molecule has 0 unspecified atom stereocenters. The van der Waals surface area contributed by atoms with Crippen LogP contribution in [0.3, 0.4) is 0 Å². The van der Waals surface area contributed by atoms with Crippen molar-refractivity contribution in [2.24, 2.45) is 7.05 Å². The molecule has 7 heteroatoms. The van der Waals surface area contributed by atoms with Crippen molar-refractivity contribution in [1.82, 2.24) is 9.78 Å². The van der Waals surface area contributed by atoms with E-state index in [0.717, 1.165) is 11.1 Å². The van der Waals surface area contributed by atoms with Gasteiger partial charge in [0.1, 0.15) is 10.6 Å². The maximum Gasteiger partial charge on any atom is 0.265 e. The molecule has 0 spiro atoms. The van der Waals surface area contributed by atoms with Crippen LogP contribution in [0.15, 0.2) is 59.6 Å². The average Bonchev–Trinajstić information content (AvgIpc) is 2.94. The molecule has 3 aromatic rings. The number of hydrogen-bond donors (Lipinski definition) is 1. The lowest BCUT2D eigenvalue weighted by Crippen LogP contribution is -2.14. The predicted octanol–water partition coefficient (Wildman–Crippen LogP) is 3.85. The zero-order valence-corrected chi connectivity index (χ0v) is 14.8. The molecule has 0 saturated heterocycles. The first-order valence-electron chi connectivity index (χ1n) is 7.25. The topological polar surface area (TPSA) is 64.0 Å². The molecule has 0 aliphatic rings. The Bertz CT molecular complexity index is 982. The number of sulfonamides is 1. The number of halogens is 1. The maximum atomic E-state index is 12.9. The van der Waals surface area contributed by atoms with E-state index < -0.39 is 10.0 Å². The van der Waals surface area contributed by atoms with Gasteiger partial charge in [-0.1, -0.05) is 48.0 Å². The number of rotatable bonds is 4. The zero-order valence-electron chi connectivity index (χ0n) is 13.2.